The summed E-state index contributed by atoms with van der Waals surface area (Å²) in [5.74, 6) is 0.682. The van der Waals surface area contributed by atoms with Crippen molar-refractivity contribution in [2.24, 2.45) is 5.92 Å². The summed E-state index contributed by atoms with van der Waals surface area (Å²) in [6.07, 6.45) is 0.712. The van der Waals surface area contributed by atoms with Gasteiger partial charge in [-0.25, -0.2) is 0 Å². The lowest BCUT2D eigenvalue weighted by molar-refractivity contribution is 0.200. The van der Waals surface area contributed by atoms with Gasteiger partial charge in [0, 0.05) is 17.3 Å². The second-order valence-corrected chi connectivity index (χ2v) is 4.94. The molecule has 0 aromatic heterocycles. The van der Waals surface area contributed by atoms with E-state index in [1.807, 2.05) is 24.3 Å². The molecule has 16 heavy (non-hydrogen) atoms. The molecule has 0 bridgehead atoms. The van der Waals surface area contributed by atoms with Crippen LogP contribution in [-0.2, 0) is 0 Å². The molecule has 1 rings (SSSR count). The Balaban J connectivity index is 2.72. The Labute approximate surface area is 98.7 Å². The Morgan fingerprint density at radius 1 is 1.12 bits per heavy atom. The molecular weight excluding hydrogens is 198 g/mol. The lowest BCUT2D eigenvalue weighted by Gasteiger charge is -2.20. The second-order valence-electron chi connectivity index (χ2n) is 4.94. The fraction of sp³-hybridized carbons (Fsp3) is 0.571. The first-order chi connectivity index (χ1) is 7.50. The van der Waals surface area contributed by atoms with E-state index in [1.54, 1.807) is 6.92 Å². The standard InChI is InChI=1S/C14H23NO/c1-10(2)9-11(3)15-14-8-6-5-7-13(14)12(4)16/h5-8,10-12,15-16H,9H2,1-4H3. The number of nitrogens with one attached hydrogen (secondary N) is 1. The minimum absolute atomic E-state index is 0.421. The van der Waals surface area contributed by atoms with Crippen LogP contribution >= 0.6 is 0 Å². The quantitative estimate of drug-likeness (QED) is 0.796. The summed E-state index contributed by atoms with van der Waals surface area (Å²) in [6.45, 7) is 8.42. The summed E-state index contributed by atoms with van der Waals surface area (Å²) in [4.78, 5) is 0. The predicted octanol–water partition coefficient (Wildman–Crippen LogP) is 3.59. The zero-order valence-electron chi connectivity index (χ0n) is 10.7. The van der Waals surface area contributed by atoms with Gasteiger partial charge in [-0.3, -0.25) is 0 Å². The molecule has 0 amide bonds. The molecule has 2 heteroatoms. The third kappa shape index (κ3) is 3.86. The van der Waals surface area contributed by atoms with Crippen LogP contribution in [0.3, 0.4) is 0 Å². The summed E-state index contributed by atoms with van der Waals surface area (Å²) in [5.41, 5.74) is 2.02. The first kappa shape index (κ1) is 13.0. The first-order valence-electron chi connectivity index (χ1n) is 6.04. The van der Waals surface area contributed by atoms with E-state index in [9.17, 15) is 5.11 Å². The Morgan fingerprint density at radius 2 is 1.75 bits per heavy atom. The van der Waals surface area contributed by atoms with Crippen molar-refractivity contribution in [1.82, 2.24) is 0 Å². The van der Waals surface area contributed by atoms with Gasteiger partial charge in [0.1, 0.15) is 0 Å². The van der Waals surface area contributed by atoms with Gasteiger partial charge in [0.25, 0.3) is 0 Å². The van der Waals surface area contributed by atoms with Crippen LogP contribution in [0.5, 0.6) is 0 Å². The van der Waals surface area contributed by atoms with E-state index in [1.165, 1.54) is 0 Å². The molecule has 0 saturated heterocycles. The molecule has 0 saturated carbocycles. The van der Waals surface area contributed by atoms with Crippen LogP contribution in [-0.4, -0.2) is 11.1 Å². The maximum atomic E-state index is 9.66. The molecule has 2 N–H and O–H groups in total. The molecule has 90 valence electrons. The van der Waals surface area contributed by atoms with Crippen LogP contribution in [0.15, 0.2) is 24.3 Å². The van der Waals surface area contributed by atoms with Gasteiger partial charge in [-0.2, -0.15) is 0 Å². The molecule has 1 aromatic rings. The third-order valence-corrected chi connectivity index (χ3v) is 2.64. The highest BCUT2D eigenvalue weighted by Crippen LogP contribution is 2.23. The lowest BCUT2D eigenvalue weighted by Crippen LogP contribution is -2.18. The highest BCUT2D eigenvalue weighted by Gasteiger charge is 2.10. The number of aliphatic hydroxyl groups is 1. The maximum Gasteiger partial charge on any atom is 0.0781 e. The van der Waals surface area contributed by atoms with Crippen LogP contribution in [0.4, 0.5) is 5.69 Å². The van der Waals surface area contributed by atoms with E-state index in [0.29, 0.717) is 12.0 Å². The third-order valence-electron chi connectivity index (χ3n) is 2.64. The van der Waals surface area contributed by atoms with Gasteiger partial charge in [-0.05, 0) is 32.3 Å². The van der Waals surface area contributed by atoms with Crippen LogP contribution in [0.1, 0.15) is 45.8 Å². The Bertz CT molecular complexity index is 320. The molecule has 0 aliphatic heterocycles. The number of hydrogen-bond donors (Lipinski definition) is 2. The van der Waals surface area contributed by atoms with Crippen molar-refractivity contribution < 1.29 is 5.11 Å². The molecule has 0 fully saturated rings. The topological polar surface area (TPSA) is 32.3 Å². The molecule has 2 nitrogen and oxygen atoms in total. The second kappa shape index (κ2) is 5.90. The highest BCUT2D eigenvalue weighted by molar-refractivity contribution is 5.52. The predicted molar refractivity (Wildman–Crippen MR) is 69.6 cm³/mol. The van der Waals surface area contributed by atoms with Gasteiger partial charge in [-0.1, -0.05) is 32.0 Å². The summed E-state index contributed by atoms with van der Waals surface area (Å²) < 4.78 is 0. The molecule has 0 heterocycles. The fourth-order valence-corrected chi connectivity index (χ4v) is 2.02. The van der Waals surface area contributed by atoms with Crippen molar-refractivity contribution in [2.75, 3.05) is 5.32 Å². The average molecular weight is 221 g/mol. The summed E-state index contributed by atoms with van der Waals surface area (Å²) in [5, 5.41) is 13.1. The van der Waals surface area contributed by atoms with Crippen LogP contribution < -0.4 is 5.32 Å². The number of anilines is 1. The van der Waals surface area contributed by atoms with Crippen molar-refractivity contribution in [3.8, 4) is 0 Å². The number of aliphatic hydroxyl groups excluding tert-OH is 1. The molecule has 2 atom stereocenters. The smallest absolute Gasteiger partial charge is 0.0781 e. The zero-order valence-corrected chi connectivity index (χ0v) is 10.7. The van der Waals surface area contributed by atoms with Gasteiger partial charge in [-0.15, -0.1) is 0 Å². The average Bonchev–Trinajstić information content (AvgIpc) is 2.16. The summed E-state index contributed by atoms with van der Waals surface area (Å²) >= 11 is 0. The van der Waals surface area contributed by atoms with Crippen LogP contribution in [0, 0.1) is 5.92 Å². The van der Waals surface area contributed by atoms with Gasteiger partial charge in [0.2, 0.25) is 0 Å². The molecule has 2 unspecified atom stereocenters. The number of benzene rings is 1. The van der Waals surface area contributed by atoms with Gasteiger partial charge >= 0.3 is 0 Å². The van der Waals surface area contributed by atoms with Crippen LogP contribution in [0.25, 0.3) is 0 Å². The molecule has 0 aliphatic rings. The summed E-state index contributed by atoms with van der Waals surface area (Å²) in [7, 11) is 0. The summed E-state index contributed by atoms with van der Waals surface area (Å²) in [6, 6.07) is 8.38. The Hall–Kier alpha value is -1.02. The molecule has 0 spiro atoms. The van der Waals surface area contributed by atoms with E-state index in [0.717, 1.165) is 17.7 Å². The SMILES string of the molecule is CC(C)CC(C)Nc1ccccc1C(C)O. The Kier molecular flexibility index (Phi) is 4.81. The largest absolute Gasteiger partial charge is 0.389 e. The minimum Gasteiger partial charge on any atom is -0.389 e. The normalized spacial score (nSPS) is 14.9. The van der Waals surface area contributed by atoms with Gasteiger partial charge in [0.05, 0.1) is 6.10 Å². The monoisotopic (exact) mass is 221 g/mol. The Morgan fingerprint density at radius 3 is 2.31 bits per heavy atom. The van der Waals surface area contributed by atoms with Crippen molar-refractivity contribution in [3.05, 3.63) is 29.8 Å². The van der Waals surface area contributed by atoms with Crippen molar-refractivity contribution in [2.45, 2.75) is 46.3 Å². The highest BCUT2D eigenvalue weighted by atomic mass is 16.3. The maximum absolute atomic E-state index is 9.66. The fourth-order valence-electron chi connectivity index (χ4n) is 2.02. The van der Waals surface area contributed by atoms with Crippen molar-refractivity contribution in [3.63, 3.8) is 0 Å². The van der Waals surface area contributed by atoms with Gasteiger partial charge < -0.3 is 10.4 Å². The number of para-hydroxylation sites is 1. The van der Waals surface area contributed by atoms with Crippen LogP contribution in [0.2, 0.25) is 0 Å². The van der Waals surface area contributed by atoms with E-state index in [2.05, 4.69) is 26.1 Å². The molecule has 0 aliphatic carbocycles. The minimum atomic E-state index is -0.421. The van der Waals surface area contributed by atoms with Gasteiger partial charge in [0.15, 0.2) is 0 Å². The number of rotatable bonds is 5. The molecular formula is C14H23NO. The number of hydrogen-bond acceptors (Lipinski definition) is 2. The van der Waals surface area contributed by atoms with E-state index >= 15 is 0 Å². The molecule has 1 aromatic carbocycles. The van der Waals surface area contributed by atoms with E-state index in [-0.39, 0.29) is 0 Å². The van der Waals surface area contributed by atoms with Crippen molar-refractivity contribution >= 4 is 5.69 Å². The van der Waals surface area contributed by atoms with Crippen molar-refractivity contribution in [1.29, 1.82) is 0 Å². The first-order valence-corrected chi connectivity index (χ1v) is 6.04. The lowest BCUT2D eigenvalue weighted by atomic mass is 10.0. The van der Waals surface area contributed by atoms with E-state index in [4.69, 9.17) is 0 Å². The zero-order chi connectivity index (χ0) is 12.1. The van der Waals surface area contributed by atoms with E-state index < -0.39 is 6.10 Å². The molecule has 0 radical (unpaired) electrons.